The van der Waals surface area contributed by atoms with Crippen molar-refractivity contribution in [2.75, 3.05) is 13.6 Å². The molecule has 0 amide bonds. The van der Waals surface area contributed by atoms with Gasteiger partial charge in [0.15, 0.2) is 0 Å². The number of esters is 1. The molecule has 0 bridgehead atoms. The van der Waals surface area contributed by atoms with Gasteiger partial charge < -0.3 is 4.74 Å². The minimum Gasteiger partial charge on any atom is -0.459 e. The van der Waals surface area contributed by atoms with Crippen molar-refractivity contribution in [3.63, 3.8) is 0 Å². The summed E-state index contributed by atoms with van der Waals surface area (Å²) in [4.78, 5) is 18.2. The van der Waals surface area contributed by atoms with E-state index in [-0.39, 0.29) is 12.5 Å². The molecule has 0 saturated heterocycles. The minimum atomic E-state index is -0.437. The smallest absolute Gasteiger partial charge is 0.320 e. The third-order valence-electron chi connectivity index (χ3n) is 2.56. The molecule has 0 radical (unpaired) electrons. The predicted molar refractivity (Wildman–Crippen MR) is 81.8 cm³/mol. The highest BCUT2D eigenvalue weighted by Crippen LogP contribution is 2.22. The molecule has 0 N–H and O–H groups in total. The number of nitrogens with zero attached hydrogens (tertiary/aromatic N) is 2. The number of likely N-dealkylation sites (N-methyl/N-ethyl adjacent to an activating group) is 1. The molecule has 1 aromatic heterocycles. The van der Waals surface area contributed by atoms with Gasteiger partial charge in [0.05, 0.1) is 23.3 Å². The maximum Gasteiger partial charge on any atom is 0.320 e. The van der Waals surface area contributed by atoms with Crippen molar-refractivity contribution in [1.82, 2.24) is 9.88 Å². The number of hydrogen-bond acceptors (Lipinski definition) is 5. The van der Waals surface area contributed by atoms with Crippen LogP contribution in [-0.4, -0.2) is 35.0 Å². The Morgan fingerprint density at radius 1 is 1.35 bits per heavy atom. The second kappa shape index (κ2) is 5.89. The van der Waals surface area contributed by atoms with Crippen molar-refractivity contribution >= 4 is 27.5 Å². The van der Waals surface area contributed by atoms with E-state index in [1.807, 2.05) is 50.9 Å². The van der Waals surface area contributed by atoms with Crippen LogP contribution in [0.15, 0.2) is 24.3 Å². The third kappa shape index (κ3) is 4.28. The molecule has 108 valence electrons. The number of ether oxygens (including phenoxy) is 1. The monoisotopic (exact) mass is 292 g/mol. The second-order valence-electron chi connectivity index (χ2n) is 5.83. The number of benzene rings is 1. The molecule has 1 heterocycles. The van der Waals surface area contributed by atoms with E-state index in [4.69, 9.17) is 4.74 Å². The Bertz CT molecular complexity index is 568. The molecule has 20 heavy (non-hydrogen) atoms. The zero-order chi connectivity index (χ0) is 14.8. The number of thiazole rings is 1. The number of hydrogen-bond donors (Lipinski definition) is 0. The number of rotatable bonds is 4. The lowest BCUT2D eigenvalue weighted by atomic mass is 10.2. The average Bonchev–Trinajstić information content (AvgIpc) is 2.67. The number of carbonyl (C=O) groups is 1. The summed E-state index contributed by atoms with van der Waals surface area (Å²) >= 11 is 1.66. The summed E-state index contributed by atoms with van der Waals surface area (Å²) in [6.07, 6.45) is 0. The molecule has 4 nitrogen and oxygen atoms in total. The molecule has 5 heteroatoms. The first-order valence-corrected chi connectivity index (χ1v) is 7.40. The summed E-state index contributed by atoms with van der Waals surface area (Å²) in [6, 6.07) is 8.05. The molecular formula is C15H20N2O2S. The molecule has 0 fully saturated rings. The van der Waals surface area contributed by atoms with Gasteiger partial charge in [0.1, 0.15) is 10.6 Å². The van der Waals surface area contributed by atoms with Crippen LogP contribution < -0.4 is 0 Å². The number of fused-ring (bicyclic) bond motifs is 1. The first-order valence-electron chi connectivity index (χ1n) is 6.58. The number of aromatic nitrogens is 1. The maximum absolute atomic E-state index is 11.8. The second-order valence-corrected chi connectivity index (χ2v) is 6.95. The van der Waals surface area contributed by atoms with E-state index >= 15 is 0 Å². The van der Waals surface area contributed by atoms with Crippen LogP contribution in [0.5, 0.6) is 0 Å². The van der Waals surface area contributed by atoms with Crippen molar-refractivity contribution in [3.05, 3.63) is 29.3 Å². The Morgan fingerprint density at radius 3 is 2.70 bits per heavy atom. The van der Waals surface area contributed by atoms with Gasteiger partial charge in [-0.15, -0.1) is 11.3 Å². The van der Waals surface area contributed by atoms with E-state index in [1.165, 1.54) is 4.70 Å². The van der Waals surface area contributed by atoms with E-state index in [1.54, 1.807) is 11.3 Å². The largest absolute Gasteiger partial charge is 0.459 e. The Kier molecular flexibility index (Phi) is 4.40. The van der Waals surface area contributed by atoms with Crippen LogP contribution in [0.4, 0.5) is 0 Å². The van der Waals surface area contributed by atoms with Gasteiger partial charge in [0.2, 0.25) is 0 Å². The Balaban J connectivity index is 1.94. The fourth-order valence-electron chi connectivity index (χ4n) is 1.87. The van der Waals surface area contributed by atoms with E-state index in [2.05, 4.69) is 11.1 Å². The summed E-state index contributed by atoms with van der Waals surface area (Å²) in [5.74, 6) is -0.207. The van der Waals surface area contributed by atoms with Gasteiger partial charge in [-0.2, -0.15) is 0 Å². The lowest BCUT2D eigenvalue weighted by molar-refractivity contribution is -0.155. The van der Waals surface area contributed by atoms with Crippen molar-refractivity contribution in [2.45, 2.75) is 32.9 Å². The maximum atomic E-state index is 11.8. The summed E-state index contributed by atoms with van der Waals surface area (Å²) in [6.45, 7) is 6.54. The third-order valence-corrected chi connectivity index (χ3v) is 3.58. The van der Waals surface area contributed by atoms with Crippen molar-refractivity contribution in [2.24, 2.45) is 0 Å². The number of para-hydroxylation sites is 1. The van der Waals surface area contributed by atoms with Crippen molar-refractivity contribution in [3.8, 4) is 0 Å². The summed E-state index contributed by atoms with van der Waals surface area (Å²) in [5, 5.41) is 1.01. The van der Waals surface area contributed by atoms with Crippen LogP contribution in [0, 0.1) is 0 Å². The lowest BCUT2D eigenvalue weighted by Crippen LogP contribution is -2.32. The Labute approximate surface area is 123 Å². The first kappa shape index (κ1) is 14.9. The molecule has 1 aromatic carbocycles. The van der Waals surface area contributed by atoms with Gasteiger partial charge >= 0.3 is 5.97 Å². The highest BCUT2D eigenvalue weighted by atomic mass is 32.1. The highest BCUT2D eigenvalue weighted by molar-refractivity contribution is 7.18. The van der Waals surface area contributed by atoms with Crippen LogP contribution in [0.25, 0.3) is 10.2 Å². The molecule has 0 spiro atoms. The van der Waals surface area contributed by atoms with Crippen LogP contribution in [0.2, 0.25) is 0 Å². The fraction of sp³-hybridized carbons (Fsp3) is 0.467. The first-order chi connectivity index (χ1) is 9.33. The van der Waals surface area contributed by atoms with Gasteiger partial charge in [-0.25, -0.2) is 4.98 Å². The molecule has 0 unspecified atom stereocenters. The van der Waals surface area contributed by atoms with Crippen LogP contribution in [0.3, 0.4) is 0 Å². The van der Waals surface area contributed by atoms with Crippen LogP contribution >= 0.6 is 11.3 Å². The van der Waals surface area contributed by atoms with Gasteiger partial charge in [-0.3, -0.25) is 9.69 Å². The lowest BCUT2D eigenvalue weighted by Gasteiger charge is -2.21. The van der Waals surface area contributed by atoms with Gasteiger partial charge in [0.25, 0.3) is 0 Å². The molecule has 0 aliphatic heterocycles. The summed E-state index contributed by atoms with van der Waals surface area (Å²) < 4.78 is 6.48. The zero-order valence-corrected chi connectivity index (χ0v) is 13.2. The molecule has 2 aromatic rings. The molecule has 2 rings (SSSR count). The van der Waals surface area contributed by atoms with Crippen LogP contribution in [0.1, 0.15) is 25.8 Å². The van der Waals surface area contributed by atoms with E-state index < -0.39 is 5.60 Å². The molecule has 0 atom stereocenters. The summed E-state index contributed by atoms with van der Waals surface area (Å²) in [5.41, 5.74) is 0.575. The van der Waals surface area contributed by atoms with Crippen molar-refractivity contribution in [1.29, 1.82) is 0 Å². The fourth-order valence-corrected chi connectivity index (χ4v) is 2.92. The van der Waals surface area contributed by atoms with Crippen LogP contribution in [-0.2, 0) is 16.1 Å². The zero-order valence-electron chi connectivity index (χ0n) is 12.3. The predicted octanol–water partition coefficient (Wildman–Crippen LogP) is 3.07. The normalized spacial score (nSPS) is 12.1. The summed E-state index contributed by atoms with van der Waals surface area (Å²) in [7, 11) is 1.90. The van der Waals surface area contributed by atoms with E-state index in [9.17, 15) is 4.79 Å². The Hall–Kier alpha value is -1.46. The standard InChI is InChI=1S/C15H20N2O2S/c1-15(2,3)19-14(18)10-17(4)9-13-16-11-7-5-6-8-12(11)20-13/h5-8H,9-10H2,1-4H3. The highest BCUT2D eigenvalue weighted by Gasteiger charge is 2.18. The van der Waals surface area contributed by atoms with Gasteiger partial charge in [-0.1, -0.05) is 12.1 Å². The molecule has 0 aliphatic carbocycles. The minimum absolute atomic E-state index is 0.207. The quantitative estimate of drug-likeness (QED) is 0.812. The van der Waals surface area contributed by atoms with Gasteiger partial charge in [0, 0.05) is 0 Å². The van der Waals surface area contributed by atoms with E-state index in [0.29, 0.717) is 6.54 Å². The molecule has 0 saturated carbocycles. The molecule has 0 aliphatic rings. The van der Waals surface area contributed by atoms with Crippen molar-refractivity contribution < 1.29 is 9.53 Å². The van der Waals surface area contributed by atoms with E-state index in [0.717, 1.165) is 10.5 Å². The SMILES string of the molecule is CN(CC(=O)OC(C)(C)C)Cc1nc2ccccc2s1. The Morgan fingerprint density at radius 2 is 2.05 bits per heavy atom. The van der Waals surface area contributed by atoms with Gasteiger partial charge in [-0.05, 0) is 40.0 Å². The average molecular weight is 292 g/mol. The topological polar surface area (TPSA) is 42.4 Å². The number of carbonyl (C=O) groups excluding carboxylic acids is 1. The molecular weight excluding hydrogens is 272 g/mol.